The molecule has 2 saturated heterocycles. The third-order valence-corrected chi connectivity index (χ3v) is 7.98. The van der Waals surface area contributed by atoms with Crippen LogP contribution in [0.15, 0.2) is 0 Å². The summed E-state index contributed by atoms with van der Waals surface area (Å²) < 4.78 is 19.9. The molecule has 0 saturated carbocycles. The molecule has 2 aliphatic heterocycles. The van der Waals surface area contributed by atoms with Gasteiger partial charge in [0, 0.05) is 0 Å². The third kappa shape index (κ3) is 5.69. The molecule has 0 atom stereocenters. The molecule has 12 nitrogen and oxygen atoms in total. The molecule has 0 bridgehead atoms. The molecule has 25 heavy (non-hydrogen) atoms. The first kappa shape index (κ1) is 19.7. The number of aliphatic hydroxyl groups is 2. The zero-order valence-corrected chi connectivity index (χ0v) is 15.7. The van der Waals surface area contributed by atoms with Crippen LogP contribution in [0.5, 0.6) is 0 Å². The Hall–Kier alpha value is -1.64. The summed E-state index contributed by atoms with van der Waals surface area (Å²) in [6.45, 7) is -1.98. The second-order valence-corrected chi connectivity index (χ2v) is 9.81. The van der Waals surface area contributed by atoms with Crippen molar-refractivity contribution in [2.45, 2.75) is 0 Å². The summed E-state index contributed by atoms with van der Waals surface area (Å²) in [5, 5.41) is 17.8. The van der Waals surface area contributed by atoms with Gasteiger partial charge in [-0.2, -0.15) is 0 Å². The summed E-state index contributed by atoms with van der Waals surface area (Å²) in [5.41, 5.74) is 0. The molecule has 2 aliphatic rings. The van der Waals surface area contributed by atoms with Crippen molar-refractivity contribution in [1.29, 1.82) is 0 Å². The van der Waals surface area contributed by atoms with Gasteiger partial charge in [0.1, 0.15) is 0 Å². The first-order valence-electron chi connectivity index (χ1n) is 7.52. The molecule has 2 rings (SSSR count). The average Bonchev–Trinajstić information content (AvgIpc) is 2.43. The third-order valence-electron chi connectivity index (χ3n) is 3.35. The van der Waals surface area contributed by atoms with Crippen LogP contribution < -0.4 is 0 Å². The quantitative estimate of drug-likeness (QED) is 0.429. The summed E-state index contributed by atoms with van der Waals surface area (Å²) in [5.74, 6) is -3.60. The monoisotopic (exact) mass is 419 g/mol. The fourth-order valence-electron chi connectivity index (χ4n) is 2.38. The second kappa shape index (κ2) is 8.64. The van der Waals surface area contributed by atoms with E-state index in [0.717, 1.165) is 0 Å². The van der Waals surface area contributed by atoms with Crippen molar-refractivity contribution >= 4 is 40.4 Å². The van der Waals surface area contributed by atoms with Crippen molar-refractivity contribution in [3.63, 3.8) is 0 Å². The Morgan fingerprint density at radius 2 is 0.960 bits per heavy atom. The van der Waals surface area contributed by atoms with E-state index in [1.165, 1.54) is 9.80 Å². The van der Waals surface area contributed by atoms with Crippen molar-refractivity contribution in [3.05, 3.63) is 0 Å². The van der Waals surface area contributed by atoms with Crippen LogP contribution in [0.4, 0.5) is 0 Å². The van der Waals surface area contributed by atoms with Gasteiger partial charge in [0.15, 0.2) is 0 Å². The summed E-state index contributed by atoms with van der Waals surface area (Å²) in [4.78, 5) is 50.4. The maximum atomic E-state index is 12.0. The predicted octanol–water partition coefficient (Wildman–Crippen LogP) is -3.79. The van der Waals surface area contributed by atoms with Crippen LogP contribution >= 0.6 is 0 Å². The van der Waals surface area contributed by atoms with Crippen molar-refractivity contribution in [2.24, 2.45) is 0 Å². The van der Waals surface area contributed by atoms with Gasteiger partial charge in [-0.3, -0.25) is 0 Å². The average molecular weight is 420 g/mol. The number of β-amino-alcohol motifs (C(OH)–C–C–N with tert-alkyl or cyclic N) is 2. The summed E-state index contributed by atoms with van der Waals surface area (Å²) in [6, 6.07) is 0. The topological polar surface area (TPSA) is 152 Å². The molecule has 2 heterocycles. The van der Waals surface area contributed by atoms with E-state index >= 15 is 0 Å². The number of nitrogens with zero attached hydrogens (tertiary/aromatic N) is 2. The number of hydrogen-bond donors (Lipinski definition) is 2. The van der Waals surface area contributed by atoms with E-state index in [1.807, 2.05) is 0 Å². The zero-order valence-electron chi connectivity index (χ0n) is 13.3. The molecule has 0 aromatic heterocycles. The van der Waals surface area contributed by atoms with Gasteiger partial charge in [-0.1, -0.05) is 0 Å². The zero-order chi connectivity index (χ0) is 18.4. The van der Waals surface area contributed by atoms with Gasteiger partial charge in [0.2, 0.25) is 0 Å². The van der Waals surface area contributed by atoms with Crippen LogP contribution in [0.2, 0.25) is 0 Å². The van der Waals surface area contributed by atoms with Crippen molar-refractivity contribution < 1.29 is 43.5 Å². The number of carbonyl (C=O) groups is 4. The van der Waals surface area contributed by atoms with E-state index < -0.39 is 40.4 Å². The standard InChI is InChI=1S/2C6H11NO5.Ga/c2*8-2-1-7(3-5(9)10)4-6(11)12;/h2*8H,1-4H2,(H,9,10)(H,11,12);/q;;+3/p-4. The molecule has 13 heteroatoms. The van der Waals surface area contributed by atoms with Crippen molar-refractivity contribution in [1.82, 2.24) is 9.80 Å². The van der Waals surface area contributed by atoms with E-state index in [-0.39, 0.29) is 52.5 Å². The molecular formula is C12H18GaN2O10-. The Morgan fingerprint density at radius 1 is 0.680 bits per heavy atom. The fourth-order valence-corrected chi connectivity index (χ4v) is 6.31. The summed E-state index contributed by atoms with van der Waals surface area (Å²) in [6.07, 6.45) is 0. The van der Waals surface area contributed by atoms with Crippen molar-refractivity contribution in [3.8, 4) is 0 Å². The van der Waals surface area contributed by atoms with E-state index in [1.54, 1.807) is 0 Å². The number of hydrogen-bond acceptors (Lipinski definition) is 12. The van der Waals surface area contributed by atoms with Crippen LogP contribution in [0.1, 0.15) is 0 Å². The minimum atomic E-state index is -5.48. The molecular weight excluding hydrogens is 402 g/mol. The summed E-state index contributed by atoms with van der Waals surface area (Å²) >= 11 is -5.48. The SMILES string of the molecule is O=C1CN(CCO)CC(=O)[O][Ga-]2([O]1)[O]C(=O)CN(CCO)CC(=O)[O]2. The fraction of sp³-hybridized carbons (Fsp3) is 0.667. The van der Waals surface area contributed by atoms with Gasteiger partial charge in [0.25, 0.3) is 0 Å². The van der Waals surface area contributed by atoms with Gasteiger partial charge in [-0.15, -0.1) is 0 Å². The second-order valence-electron chi connectivity index (χ2n) is 5.41. The Balaban J connectivity index is 2.17. The van der Waals surface area contributed by atoms with Gasteiger partial charge in [-0.25, -0.2) is 0 Å². The molecule has 0 radical (unpaired) electrons. The van der Waals surface area contributed by atoms with Crippen LogP contribution in [-0.2, 0) is 33.3 Å². The first-order chi connectivity index (χ1) is 11.9. The number of carbonyl (C=O) groups excluding carboxylic acids is 4. The molecule has 2 fully saturated rings. The van der Waals surface area contributed by atoms with E-state index in [4.69, 9.17) is 24.3 Å². The summed E-state index contributed by atoms with van der Waals surface area (Å²) in [7, 11) is 0. The van der Waals surface area contributed by atoms with E-state index in [0.29, 0.717) is 0 Å². The Morgan fingerprint density at radius 3 is 1.20 bits per heavy atom. The van der Waals surface area contributed by atoms with Gasteiger partial charge in [0.05, 0.1) is 0 Å². The van der Waals surface area contributed by atoms with Crippen LogP contribution in [0, 0.1) is 0 Å². The van der Waals surface area contributed by atoms with Crippen molar-refractivity contribution in [2.75, 3.05) is 52.5 Å². The molecule has 0 unspecified atom stereocenters. The Bertz CT molecular complexity index is 465. The molecule has 2 N–H and O–H groups in total. The maximum absolute atomic E-state index is 12.0. The molecule has 0 aliphatic carbocycles. The number of aliphatic hydroxyl groups excluding tert-OH is 2. The minimum absolute atomic E-state index is 0.0294. The van der Waals surface area contributed by atoms with Crippen LogP contribution in [-0.4, -0.2) is 113 Å². The molecule has 0 amide bonds. The van der Waals surface area contributed by atoms with Crippen LogP contribution in [0.25, 0.3) is 0 Å². The number of rotatable bonds is 4. The van der Waals surface area contributed by atoms with Gasteiger partial charge < -0.3 is 0 Å². The molecule has 0 aromatic carbocycles. The normalized spacial score (nSPS) is 22.8. The van der Waals surface area contributed by atoms with Crippen LogP contribution in [0.3, 0.4) is 0 Å². The molecule has 140 valence electrons. The van der Waals surface area contributed by atoms with Gasteiger partial charge in [-0.05, 0) is 0 Å². The Labute approximate surface area is 146 Å². The van der Waals surface area contributed by atoms with Gasteiger partial charge >= 0.3 is 146 Å². The molecule has 0 aromatic rings. The van der Waals surface area contributed by atoms with E-state index in [2.05, 4.69) is 0 Å². The van der Waals surface area contributed by atoms with E-state index in [9.17, 15) is 19.2 Å². The predicted molar refractivity (Wildman–Crippen MR) is 77.2 cm³/mol. The molecule has 1 spiro atoms. The first-order valence-corrected chi connectivity index (χ1v) is 11.5. The Kier molecular flexibility index (Phi) is 6.80.